The first-order valence-corrected chi connectivity index (χ1v) is 11.1. The summed E-state index contributed by atoms with van der Waals surface area (Å²) in [7, 11) is 0. The predicted octanol–water partition coefficient (Wildman–Crippen LogP) is 2.81. The van der Waals surface area contributed by atoms with Crippen molar-refractivity contribution in [1.82, 2.24) is 0 Å². The maximum absolute atomic E-state index is 13.6. The zero-order valence-corrected chi connectivity index (χ0v) is 18.3. The molecular weight excluding hydrogens is 384 g/mol. The van der Waals surface area contributed by atoms with Crippen LogP contribution in [0.15, 0.2) is 11.6 Å². The lowest BCUT2D eigenvalue weighted by molar-refractivity contribution is -0.174. The Morgan fingerprint density at radius 3 is 2.60 bits per heavy atom. The molecule has 3 fully saturated rings. The van der Waals surface area contributed by atoms with Crippen LogP contribution in [0.5, 0.6) is 0 Å². The molecule has 0 radical (unpaired) electrons. The number of esters is 1. The summed E-state index contributed by atoms with van der Waals surface area (Å²) < 4.78 is 4.88. The highest BCUT2D eigenvalue weighted by Gasteiger charge is 2.69. The molecule has 7 atom stereocenters. The predicted molar refractivity (Wildman–Crippen MR) is 108 cm³/mol. The van der Waals surface area contributed by atoms with Crippen LogP contribution in [-0.4, -0.2) is 40.6 Å². The second-order valence-corrected chi connectivity index (χ2v) is 10.5. The van der Waals surface area contributed by atoms with Gasteiger partial charge in [-0.1, -0.05) is 26.3 Å². The van der Waals surface area contributed by atoms with Gasteiger partial charge < -0.3 is 9.84 Å². The molecule has 6 heteroatoms. The number of ether oxygens (including phenoxy) is 1. The lowest BCUT2D eigenvalue weighted by Crippen LogP contribution is -2.61. The molecule has 4 aliphatic carbocycles. The van der Waals surface area contributed by atoms with E-state index < -0.39 is 29.4 Å². The van der Waals surface area contributed by atoms with Crippen LogP contribution in [0.1, 0.15) is 66.2 Å². The van der Waals surface area contributed by atoms with Gasteiger partial charge in [0, 0.05) is 31.1 Å². The Balaban J connectivity index is 1.70. The summed E-state index contributed by atoms with van der Waals surface area (Å²) >= 11 is 0. The van der Waals surface area contributed by atoms with Crippen molar-refractivity contribution in [3.8, 4) is 0 Å². The van der Waals surface area contributed by atoms with E-state index in [2.05, 4.69) is 13.8 Å². The van der Waals surface area contributed by atoms with Crippen molar-refractivity contribution < 1.29 is 29.0 Å². The minimum absolute atomic E-state index is 0.0462. The Morgan fingerprint density at radius 2 is 1.93 bits per heavy atom. The van der Waals surface area contributed by atoms with Crippen molar-refractivity contribution in [2.45, 2.75) is 71.8 Å². The fourth-order valence-electron chi connectivity index (χ4n) is 7.57. The van der Waals surface area contributed by atoms with E-state index in [1.165, 1.54) is 6.92 Å². The number of ketones is 3. The van der Waals surface area contributed by atoms with E-state index in [0.29, 0.717) is 19.3 Å². The van der Waals surface area contributed by atoms with Gasteiger partial charge in [0.2, 0.25) is 5.78 Å². The number of fused-ring (bicyclic) bond motifs is 5. The molecule has 30 heavy (non-hydrogen) atoms. The monoisotopic (exact) mass is 416 g/mol. The van der Waals surface area contributed by atoms with E-state index in [-0.39, 0.29) is 53.5 Å². The van der Waals surface area contributed by atoms with E-state index in [9.17, 15) is 24.3 Å². The third kappa shape index (κ3) is 2.79. The minimum atomic E-state index is -1.66. The fourth-order valence-corrected chi connectivity index (χ4v) is 7.57. The van der Waals surface area contributed by atoms with Crippen LogP contribution in [0.25, 0.3) is 0 Å². The van der Waals surface area contributed by atoms with E-state index in [1.807, 2.05) is 6.92 Å². The quantitative estimate of drug-likeness (QED) is 0.711. The van der Waals surface area contributed by atoms with E-state index >= 15 is 0 Å². The number of carbonyl (C=O) groups is 4. The summed E-state index contributed by atoms with van der Waals surface area (Å²) in [5.74, 6) is -0.680. The summed E-state index contributed by atoms with van der Waals surface area (Å²) in [6, 6.07) is 0. The molecule has 6 nitrogen and oxygen atoms in total. The molecule has 0 amide bonds. The lowest BCUT2D eigenvalue weighted by Gasteiger charge is -2.59. The standard InChI is InChI=1S/C24H32O6/c1-13-9-16-17-6-8-24(29,20(28)12-30-14(2)25)23(17,4)11-19(27)21(16)22(3)7-5-15(26)10-18(13)22/h10,13,16-17,21,29H,5-9,11-12H2,1-4H3/t13-,16-,17+,21-,22-,23+,24-/m0/s1. The number of aliphatic hydroxyl groups is 1. The SMILES string of the molecule is CC(=O)OCC(=O)[C@@]1(O)CC[C@@H]2[C@@H]3C[C@H](C)C4=CC(=O)CC[C@]4(C)[C@@H]3C(=O)C[C@]21C. The van der Waals surface area contributed by atoms with Crippen molar-refractivity contribution in [3.05, 3.63) is 11.6 Å². The Bertz CT molecular complexity index is 858. The number of rotatable bonds is 3. The zero-order chi connectivity index (χ0) is 22.1. The van der Waals surface area contributed by atoms with Crippen molar-refractivity contribution in [1.29, 1.82) is 0 Å². The molecule has 0 heterocycles. The molecule has 1 N–H and O–H groups in total. The van der Waals surface area contributed by atoms with Crippen LogP contribution in [0.4, 0.5) is 0 Å². The normalized spacial score (nSPS) is 45.2. The van der Waals surface area contributed by atoms with Crippen LogP contribution in [0.2, 0.25) is 0 Å². The number of hydrogen-bond donors (Lipinski definition) is 1. The number of carbonyl (C=O) groups excluding carboxylic acids is 4. The van der Waals surface area contributed by atoms with Gasteiger partial charge in [-0.05, 0) is 54.9 Å². The Labute approximate surface area is 177 Å². The molecule has 0 aromatic rings. The van der Waals surface area contributed by atoms with Crippen LogP contribution in [0, 0.1) is 34.5 Å². The zero-order valence-electron chi connectivity index (χ0n) is 18.3. The average Bonchev–Trinajstić information content (AvgIpc) is 2.93. The van der Waals surface area contributed by atoms with Crippen LogP contribution >= 0.6 is 0 Å². The Kier molecular flexibility index (Phi) is 4.88. The minimum Gasteiger partial charge on any atom is -0.458 e. The highest BCUT2D eigenvalue weighted by molar-refractivity contribution is 5.95. The molecule has 164 valence electrons. The van der Waals surface area contributed by atoms with Crippen molar-refractivity contribution in [2.75, 3.05) is 6.61 Å². The van der Waals surface area contributed by atoms with E-state index in [1.54, 1.807) is 6.08 Å². The average molecular weight is 417 g/mol. The highest BCUT2D eigenvalue weighted by atomic mass is 16.5. The molecule has 4 rings (SSSR count). The van der Waals surface area contributed by atoms with Crippen LogP contribution in [-0.2, 0) is 23.9 Å². The smallest absolute Gasteiger partial charge is 0.303 e. The maximum Gasteiger partial charge on any atom is 0.303 e. The summed E-state index contributed by atoms with van der Waals surface area (Å²) in [6.45, 7) is 6.90. The molecular formula is C24H32O6. The summed E-state index contributed by atoms with van der Waals surface area (Å²) in [5, 5.41) is 11.5. The Hall–Kier alpha value is -1.82. The number of allylic oxidation sites excluding steroid dienone is 1. The molecule has 0 aromatic heterocycles. The van der Waals surface area contributed by atoms with Gasteiger partial charge in [0.1, 0.15) is 11.4 Å². The molecule has 3 saturated carbocycles. The van der Waals surface area contributed by atoms with Gasteiger partial charge in [0.15, 0.2) is 12.4 Å². The first-order chi connectivity index (χ1) is 13.9. The number of hydrogen-bond acceptors (Lipinski definition) is 6. The van der Waals surface area contributed by atoms with E-state index in [0.717, 1.165) is 12.0 Å². The van der Waals surface area contributed by atoms with Gasteiger partial charge in [-0.2, -0.15) is 0 Å². The molecule has 0 aromatic carbocycles. The molecule has 0 bridgehead atoms. The summed E-state index contributed by atoms with van der Waals surface area (Å²) in [5.41, 5.74) is -1.73. The third-order valence-electron chi connectivity index (χ3n) is 8.99. The van der Waals surface area contributed by atoms with Crippen molar-refractivity contribution in [3.63, 3.8) is 0 Å². The molecule has 0 spiro atoms. The van der Waals surface area contributed by atoms with Crippen molar-refractivity contribution in [2.24, 2.45) is 34.5 Å². The van der Waals surface area contributed by atoms with Gasteiger partial charge in [-0.15, -0.1) is 0 Å². The summed E-state index contributed by atoms with van der Waals surface area (Å²) in [6.07, 6.45) is 4.83. The van der Waals surface area contributed by atoms with E-state index in [4.69, 9.17) is 4.74 Å². The van der Waals surface area contributed by atoms with Gasteiger partial charge in [0.05, 0.1) is 0 Å². The largest absolute Gasteiger partial charge is 0.458 e. The summed E-state index contributed by atoms with van der Waals surface area (Å²) in [4.78, 5) is 49.7. The molecule has 0 aliphatic heterocycles. The molecule has 0 unspecified atom stereocenters. The van der Waals surface area contributed by atoms with Gasteiger partial charge in [-0.3, -0.25) is 19.2 Å². The van der Waals surface area contributed by atoms with Crippen LogP contribution < -0.4 is 0 Å². The molecule has 0 saturated heterocycles. The second-order valence-electron chi connectivity index (χ2n) is 10.5. The van der Waals surface area contributed by atoms with Gasteiger partial charge in [0.25, 0.3) is 0 Å². The Morgan fingerprint density at radius 1 is 1.23 bits per heavy atom. The first kappa shape index (κ1) is 21.4. The maximum atomic E-state index is 13.6. The lowest BCUT2D eigenvalue weighted by atomic mass is 9.44. The fraction of sp³-hybridized carbons (Fsp3) is 0.750. The number of Topliss-reactive ketones (excluding diaryl/α,β-unsaturated/α-hetero) is 2. The highest BCUT2D eigenvalue weighted by Crippen LogP contribution is 2.67. The third-order valence-corrected chi connectivity index (χ3v) is 8.99. The van der Waals surface area contributed by atoms with Crippen molar-refractivity contribution >= 4 is 23.3 Å². The topological polar surface area (TPSA) is 97.7 Å². The molecule has 4 aliphatic rings. The van der Waals surface area contributed by atoms with Crippen LogP contribution in [0.3, 0.4) is 0 Å². The van der Waals surface area contributed by atoms with Gasteiger partial charge >= 0.3 is 5.97 Å². The second kappa shape index (κ2) is 6.84. The van der Waals surface area contributed by atoms with Gasteiger partial charge in [-0.25, -0.2) is 0 Å². The first-order valence-electron chi connectivity index (χ1n) is 11.1.